The first-order valence-corrected chi connectivity index (χ1v) is 9.73. The van der Waals surface area contributed by atoms with Crippen LogP contribution in [0.4, 0.5) is 0 Å². The van der Waals surface area contributed by atoms with E-state index < -0.39 is 0 Å². The third kappa shape index (κ3) is 3.28. The van der Waals surface area contributed by atoms with Gasteiger partial charge in [-0.2, -0.15) is 0 Å². The van der Waals surface area contributed by atoms with E-state index in [1.165, 1.54) is 0 Å². The van der Waals surface area contributed by atoms with Gasteiger partial charge in [-0.1, -0.05) is 5.16 Å². The standard InChI is InChI=1S/C22H24N2O6/c1-5-29-22(25)19-15-7-6-14-10-23-30-20(14)16(15)12-24(19)11-13-8-17(26-2)21(28-4)18(9-13)27-3/h8-10,12H,5-7,11H2,1-4H3. The minimum atomic E-state index is -0.353. The molecule has 0 aliphatic heterocycles. The van der Waals surface area contributed by atoms with E-state index in [0.717, 1.165) is 35.1 Å². The first kappa shape index (κ1) is 19.9. The molecule has 0 saturated carbocycles. The van der Waals surface area contributed by atoms with Crippen LogP contribution < -0.4 is 14.2 Å². The summed E-state index contributed by atoms with van der Waals surface area (Å²) in [5.74, 6) is 1.99. The first-order chi connectivity index (χ1) is 14.6. The van der Waals surface area contributed by atoms with Gasteiger partial charge in [0.2, 0.25) is 5.75 Å². The van der Waals surface area contributed by atoms with Crippen LogP contribution >= 0.6 is 0 Å². The van der Waals surface area contributed by atoms with Crippen molar-refractivity contribution in [2.45, 2.75) is 26.3 Å². The number of methoxy groups -OCH3 is 3. The molecule has 3 aromatic rings. The molecule has 0 spiro atoms. The number of benzene rings is 1. The second-order valence-corrected chi connectivity index (χ2v) is 6.93. The van der Waals surface area contributed by atoms with Crippen LogP contribution in [-0.4, -0.2) is 43.6 Å². The Morgan fingerprint density at radius 3 is 2.50 bits per heavy atom. The Bertz CT molecular complexity index is 1060. The molecule has 8 heteroatoms. The van der Waals surface area contributed by atoms with Gasteiger partial charge in [0.05, 0.1) is 34.1 Å². The number of nitrogens with zero attached hydrogens (tertiary/aromatic N) is 2. The molecule has 1 aliphatic rings. The average molecular weight is 412 g/mol. The average Bonchev–Trinajstić information content (AvgIpc) is 3.37. The van der Waals surface area contributed by atoms with Crippen LogP contribution in [-0.2, 0) is 24.1 Å². The minimum absolute atomic E-state index is 0.302. The lowest BCUT2D eigenvalue weighted by Crippen LogP contribution is -2.15. The highest BCUT2D eigenvalue weighted by Crippen LogP contribution is 2.40. The van der Waals surface area contributed by atoms with Crippen LogP contribution in [0.15, 0.2) is 29.0 Å². The molecule has 4 rings (SSSR count). The number of carbonyl (C=O) groups excluding carboxylic acids is 1. The molecule has 0 N–H and O–H groups in total. The molecule has 0 radical (unpaired) electrons. The quantitative estimate of drug-likeness (QED) is 0.549. The van der Waals surface area contributed by atoms with Crippen molar-refractivity contribution in [3.05, 3.63) is 46.9 Å². The number of hydrogen-bond donors (Lipinski definition) is 0. The van der Waals surface area contributed by atoms with Crippen molar-refractivity contribution in [2.75, 3.05) is 27.9 Å². The number of fused-ring (bicyclic) bond motifs is 3. The lowest BCUT2D eigenvalue weighted by atomic mass is 9.93. The van der Waals surface area contributed by atoms with Crippen LogP contribution in [0.25, 0.3) is 11.3 Å². The summed E-state index contributed by atoms with van der Waals surface area (Å²) in [5, 5.41) is 3.92. The number of ether oxygens (including phenoxy) is 4. The molecular weight excluding hydrogens is 388 g/mol. The molecule has 1 aliphatic carbocycles. The van der Waals surface area contributed by atoms with Crippen LogP contribution in [0.5, 0.6) is 17.2 Å². The maximum atomic E-state index is 12.8. The highest BCUT2D eigenvalue weighted by Gasteiger charge is 2.30. The highest BCUT2D eigenvalue weighted by atomic mass is 16.5. The van der Waals surface area contributed by atoms with Crippen LogP contribution in [0.3, 0.4) is 0 Å². The second-order valence-electron chi connectivity index (χ2n) is 6.93. The van der Waals surface area contributed by atoms with Crippen molar-refractivity contribution >= 4 is 5.97 Å². The fraction of sp³-hybridized carbons (Fsp3) is 0.364. The lowest BCUT2D eigenvalue weighted by molar-refractivity contribution is 0.0513. The van der Waals surface area contributed by atoms with Crippen molar-refractivity contribution < 1.29 is 28.3 Å². The van der Waals surface area contributed by atoms with Gasteiger partial charge in [-0.25, -0.2) is 4.79 Å². The normalized spacial score (nSPS) is 12.1. The van der Waals surface area contributed by atoms with E-state index in [9.17, 15) is 4.79 Å². The largest absolute Gasteiger partial charge is 0.493 e. The zero-order valence-corrected chi connectivity index (χ0v) is 17.5. The van der Waals surface area contributed by atoms with E-state index >= 15 is 0 Å². The summed E-state index contributed by atoms with van der Waals surface area (Å²) in [6.45, 7) is 2.52. The van der Waals surface area contributed by atoms with Crippen molar-refractivity contribution in [1.82, 2.24) is 9.72 Å². The van der Waals surface area contributed by atoms with Crippen molar-refractivity contribution in [1.29, 1.82) is 0 Å². The molecule has 2 heterocycles. The monoisotopic (exact) mass is 412 g/mol. The topological polar surface area (TPSA) is 85.0 Å². The Morgan fingerprint density at radius 2 is 1.87 bits per heavy atom. The van der Waals surface area contributed by atoms with Crippen molar-refractivity contribution in [3.63, 3.8) is 0 Å². The van der Waals surface area contributed by atoms with Gasteiger partial charge < -0.3 is 28.0 Å². The zero-order valence-electron chi connectivity index (χ0n) is 17.5. The zero-order chi connectivity index (χ0) is 21.3. The van der Waals surface area contributed by atoms with Crippen molar-refractivity contribution in [2.24, 2.45) is 0 Å². The second kappa shape index (κ2) is 8.14. The van der Waals surface area contributed by atoms with E-state index in [2.05, 4.69) is 5.16 Å². The van der Waals surface area contributed by atoms with E-state index in [1.54, 1.807) is 34.4 Å². The van der Waals surface area contributed by atoms with E-state index in [0.29, 0.717) is 41.9 Å². The molecule has 158 valence electrons. The maximum Gasteiger partial charge on any atom is 0.355 e. The van der Waals surface area contributed by atoms with Gasteiger partial charge in [0, 0.05) is 23.9 Å². The summed E-state index contributed by atoms with van der Waals surface area (Å²) in [7, 11) is 4.71. The maximum absolute atomic E-state index is 12.8. The molecule has 0 saturated heterocycles. The number of hydrogen-bond acceptors (Lipinski definition) is 7. The fourth-order valence-electron chi connectivity index (χ4n) is 3.96. The number of aromatic nitrogens is 2. The van der Waals surface area contributed by atoms with Crippen LogP contribution in [0, 0.1) is 0 Å². The highest BCUT2D eigenvalue weighted by molar-refractivity contribution is 5.93. The summed E-state index contributed by atoms with van der Waals surface area (Å²) >= 11 is 0. The lowest BCUT2D eigenvalue weighted by Gasteiger charge is -2.16. The molecule has 1 aromatic carbocycles. The molecule has 0 atom stereocenters. The third-order valence-corrected chi connectivity index (χ3v) is 5.26. The number of esters is 1. The van der Waals surface area contributed by atoms with E-state index in [1.807, 2.05) is 22.9 Å². The number of carbonyl (C=O) groups is 1. The van der Waals surface area contributed by atoms with Crippen molar-refractivity contribution in [3.8, 4) is 28.6 Å². The fourth-order valence-corrected chi connectivity index (χ4v) is 3.96. The Kier molecular flexibility index (Phi) is 5.39. The Labute approximate surface area is 174 Å². The number of rotatable bonds is 7. The summed E-state index contributed by atoms with van der Waals surface area (Å²) in [6, 6.07) is 3.74. The molecule has 0 bridgehead atoms. The molecule has 0 amide bonds. The third-order valence-electron chi connectivity index (χ3n) is 5.26. The summed E-state index contributed by atoms with van der Waals surface area (Å²) in [4.78, 5) is 12.8. The smallest absolute Gasteiger partial charge is 0.355 e. The van der Waals surface area contributed by atoms with Gasteiger partial charge in [-0.05, 0) is 43.0 Å². The summed E-state index contributed by atoms with van der Waals surface area (Å²) in [5.41, 5.74) is 4.26. The van der Waals surface area contributed by atoms with Crippen LogP contribution in [0.2, 0.25) is 0 Å². The molecule has 30 heavy (non-hydrogen) atoms. The molecule has 2 aromatic heterocycles. The van der Waals surface area contributed by atoms with Gasteiger partial charge in [-0.15, -0.1) is 0 Å². The van der Waals surface area contributed by atoms with Gasteiger partial charge in [0.1, 0.15) is 5.69 Å². The molecule has 8 nitrogen and oxygen atoms in total. The Balaban J connectivity index is 1.81. The predicted octanol–water partition coefficient (Wildman–Crippen LogP) is 3.49. The Morgan fingerprint density at radius 1 is 1.13 bits per heavy atom. The SMILES string of the molecule is CCOC(=O)c1c2c(cn1Cc1cc(OC)c(OC)c(OC)c1)-c1oncc1CC2. The minimum Gasteiger partial charge on any atom is -0.493 e. The van der Waals surface area contributed by atoms with Gasteiger partial charge in [0.15, 0.2) is 17.3 Å². The van der Waals surface area contributed by atoms with E-state index in [4.69, 9.17) is 23.5 Å². The first-order valence-electron chi connectivity index (χ1n) is 9.73. The molecule has 0 unspecified atom stereocenters. The summed E-state index contributed by atoms with van der Waals surface area (Å²) < 4.78 is 29.0. The number of aryl methyl sites for hydroxylation is 1. The van der Waals surface area contributed by atoms with E-state index in [-0.39, 0.29) is 5.97 Å². The predicted molar refractivity (Wildman–Crippen MR) is 108 cm³/mol. The summed E-state index contributed by atoms with van der Waals surface area (Å²) in [6.07, 6.45) is 5.15. The van der Waals surface area contributed by atoms with Crippen LogP contribution in [0.1, 0.15) is 34.1 Å². The van der Waals surface area contributed by atoms with Gasteiger partial charge in [-0.3, -0.25) is 0 Å². The Hall–Kier alpha value is -3.42. The molecule has 0 fully saturated rings. The van der Waals surface area contributed by atoms with Gasteiger partial charge >= 0.3 is 5.97 Å². The molecular formula is C22H24N2O6. The van der Waals surface area contributed by atoms with Gasteiger partial charge in [0.25, 0.3) is 0 Å².